The average Bonchev–Trinajstić information content (AvgIpc) is 3.00. The molecule has 0 radical (unpaired) electrons. The van der Waals surface area contributed by atoms with E-state index in [1.165, 1.54) is 0 Å². The summed E-state index contributed by atoms with van der Waals surface area (Å²) in [5.74, 6) is -2.57. The van der Waals surface area contributed by atoms with Crippen LogP contribution in [0.15, 0.2) is 122 Å². The van der Waals surface area contributed by atoms with Crippen LogP contribution < -0.4 is 0 Å². The Kier molecular flexibility index (Phi) is 8.36. The first-order chi connectivity index (χ1) is 19.6. The second-order valence-corrected chi connectivity index (χ2v) is 10.0. The Bertz CT molecular complexity index is 1340. The van der Waals surface area contributed by atoms with Crippen molar-refractivity contribution < 1.29 is 19.1 Å². The lowest BCUT2D eigenvalue weighted by Gasteiger charge is -2.49. The van der Waals surface area contributed by atoms with E-state index >= 15 is 0 Å². The SMILES string of the molecule is C=Cc1ccc(COC(=O)[C@@H]2[C@H](C(=O)OCc3ccc(C=C)cc3)[C@@H](c3ccccc3)[C@H]2c2ccccc2)cc1. The minimum absolute atomic E-state index is 0.127. The summed E-state index contributed by atoms with van der Waals surface area (Å²) in [5.41, 5.74) is 5.72. The van der Waals surface area contributed by atoms with Crippen molar-refractivity contribution in [2.75, 3.05) is 0 Å². The Balaban J connectivity index is 1.42. The fourth-order valence-corrected chi connectivity index (χ4v) is 5.52. The van der Waals surface area contributed by atoms with Crippen molar-refractivity contribution in [3.8, 4) is 0 Å². The van der Waals surface area contributed by atoms with Gasteiger partial charge in [0, 0.05) is 11.8 Å². The first kappa shape index (κ1) is 26.9. The Morgan fingerprint density at radius 2 is 0.900 bits per heavy atom. The van der Waals surface area contributed by atoms with Crippen LogP contribution in [0.5, 0.6) is 0 Å². The van der Waals surface area contributed by atoms with Crippen molar-refractivity contribution in [1.82, 2.24) is 0 Å². The molecule has 0 amide bonds. The van der Waals surface area contributed by atoms with Crippen molar-refractivity contribution in [1.29, 1.82) is 0 Å². The molecule has 0 heterocycles. The third kappa shape index (κ3) is 5.81. The molecular weight excluding hydrogens is 496 g/mol. The van der Waals surface area contributed by atoms with Crippen LogP contribution in [-0.2, 0) is 32.3 Å². The van der Waals surface area contributed by atoms with Crippen molar-refractivity contribution in [3.05, 3.63) is 156 Å². The molecule has 0 unspecified atom stereocenters. The van der Waals surface area contributed by atoms with Crippen molar-refractivity contribution in [3.63, 3.8) is 0 Å². The number of ether oxygens (including phenoxy) is 2. The van der Waals surface area contributed by atoms with E-state index in [4.69, 9.17) is 9.47 Å². The summed E-state index contributed by atoms with van der Waals surface area (Å²) < 4.78 is 11.7. The monoisotopic (exact) mass is 528 g/mol. The third-order valence-corrected chi connectivity index (χ3v) is 7.65. The molecule has 1 fully saturated rings. The summed E-state index contributed by atoms with van der Waals surface area (Å²) in [4.78, 5) is 27.4. The molecule has 1 aliphatic rings. The molecule has 0 N–H and O–H groups in total. The van der Waals surface area contributed by atoms with E-state index in [0.29, 0.717) is 0 Å². The number of esters is 2. The van der Waals surface area contributed by atoms with E-state index in [9.17, 15) is 9.59 Å². The van der Waals surface area contributed by atoms with Crippen LogP contribution in [0, 0.1) is 11.8 Å². The quantitative estimate of drug-likeness (QED) is 0.199. The summed E-state index contributed by atoms with van der Waals surface area (Å²) in [6, 6.07) is 35.1. The molecule has 200 valence electrons. The van der Waals surface area contributed by atoms with Crippen molar-refractivity contribution in [2.24, 2.45) is 11.8 Å². The third-order valence-electron chi connectivity index (χ3n) is 7.65. The molecule has 4 heteroatoms. The number of benzene rings is 4. The van der Waals surface area contributed by atoms with Crippen molar-refractivity contribution in [2.45, 2.75) is 25.0 Å². The lowest BCUT2D eigenvalue weighted by atomic mass is 9.52. The lowest BCUT2D eigenvalue weighted by molar-refractivity contribution is -0.173. The van der Waals surface area contributed by atoms with Crippen LogP contribution in [0.4, 0.5) is 0 Å². The van der Waals surface area contributed by atoms with E-state index in [2.05, 4.69) is 13.2 Å². The largest absolute Gasteiger partial charge is 0.461 e. The Hall–Kier alpha value is -4.70. The van der Waals surface area contributed by atoms with Gasteiger partial charge in [0.05, 0.1) is 11.8 Å². The van der Waals surface area contributed by atoms with E-state index in [0.717, 1.165) is 33.4 Å². The summed E-state index contributed by atoms with van der Waals surface area (Å²) >= 11 is 0. The second kappa shape index (κ2) is 12.4. The molecule has 4 aromatic carbocycles. The maximum atomic E-state index is 13.7. The van der Waals surface area contributed by atoms with Crippen LogP contribution in [0.3, 0.4) is 0 Å². The Morgan fingerprint density at radius 1 is 0.550 bits per heavy atom. The molecule has 5 rings (SSSR count). The molecule has 4 aromatic rings. The number of hydrogen-bond acceptors (Lipinski definition) is 4. The standard InChI is InChI=1S/C36H32O4/c1-3-25-15-19-27(20-16-25)23-39-35(37)33-31(29-11-7-5-8-12-29)32(30-13-9-6-10-14-30)34(33)36(38)40-24-28-21-17-26(4-2)18-22-28/h3-22,31-34H,1-2,23-24H2/t31-,32+,33+,34-. The van der Waals surface area contributed by atoms with E-state index in [1.807, 2.05) is 109 Å². The topological polar surface area (TPSA) is 52.6 Å². The lowest BCUT2D eigenvalue weighted by Crippen LogP contribution is -2.52. The first-order valence-corrected chi connectivity index (χ1v) is 13.4. The first-order valence-electron chi connectivity index (χ1n) is 13.4. The molecular formula is C36H32O4. The van der Waals surface area contributed by atoms with Crippen LogP contribution in [-0.4, -0.2) is 11.9 Å². The van der Waals surface area contributed by atoms with Gasteiger partial charge in [-0.3, -0.25) is 9.59 Å². The molecule has 4 nitrogen and oxygen atoms in total. The second-order valence-electron chi connectivity index (χ2n) is 10.0. The minimum Gasteiger partial charge on any atom is -0.461 e. The normalized spacial score (nSPS) is 19.6. The van der Waals surface area contributed by atoms with Gasteiger partial charge < -0.3 is 9.47 Å². The van der Waals surface area contributed by atoms with Gasteiger partial charge in [-0.2, -0.15) is 0 Å². The van der Waals surface area contributed by atoms with Gasteiger partial charge in [0.25, 0.3) is 0 Å². The van der Waals surface area contributed by atoms with Gasteiger partial charge in [-0.25, -0.2) is 0 Å². The molecule has 4 atom stereocenters. The van der Waals surface area contributed by atoms with E-state index in [1.54, 1.807) is 12.2 Å². The van der Waals surface area contributed by atoms with Crippen LogP contribution in [0.2, 0.25) is 0 Å². The summed E-state index contributed by atoms with van der Waals surface area (Å²) in [6.45, 7) is 7.81. The molecule has 0 aromatic heterocycles. The Labute approximate surface area is 235 Å². The van der Waals surface area contributed by atoms with Gasteiger partial charge in [0.2, 0.25) is 0 Å². The van der Waals surface area contributed by atoms with E-state index in [-0.39, 0.29) is 25.0 Å². The predicted octanol–water partition coefficient (Wildman–Crippen LogP) is 7.57. The predicted molar refractivity (Wildman–Crippen MR) is 158 cm³/mol. The summed E-state index contributed by atoms with van der Waals surface area (Å²) in [5, 5.41) is 0. The van der Waals surface area contributed by atoms with Crippen molar-refractivity contribution >= 4 is 24.1 Å². The molecule has 40 heavy (non-hydrogen) atoms. The van der Waals surface area contributed by atoms with Gasteiger partial charge in [-0.05, 0) is 33.4 Å². The molecule has 1 aliphatic carbocycles. The number of rotatable bonds is 10. The number of hydrogen-bond donors (Lipinski definition) is 0. The highest BCUT2D eigenvalue weighted by molar-refractivity contribution is 5.87. The summed E-state index contributed by atoms with van der Waals surface area (Å²) in [6.07, 6.45) is 3.53. The molecule has 0 aliphatic heterocycles. The molecule has 1 saturated carbocycles. The highest BCUT2D eigenvalue weighted by Crippen LogP contribution is 2.58. The fourth-order valence-electron chi connectivity index (χ4n) is 5.52. The van der Waals surface area contributed by atoms with Gasteiger partial charge in [0.15, 0.2) is 0 Å². The minimum atomic E-state index is -0.671. The van der Waals surface area contributed by atoms with Crippen LogP contribution in [0.25, 0.3) is 12.2 Å². The highest BCUT2D eigenvalue weighted by Gasteiger charge is 2.59. The zero-order chi connectivity index (χ0) is 27.9. The van der Waals surface area contributed by atoms with Gasteiger partial charge in [0.1, 0.15) is 13.2 Å². The van der Waals surface area contributed by atoms with Gasteiger partial charge in [-0.1, -0.05) is 135 Å². The maximum absolute atomic E-state index is 13.7. The zero-order valence-electron chi connectivity index (χ0n) is 22.3. The smallest absolute Gasteiger partial charge is 0.310 e. The number of carbonyl (C=O) groups excluding carboxylic acids is 2. The molecule has 0 bridgehead atoms. The maximum Gasteiger partial charge on any atom is 0.310 e. The fraction of sp³-hybridized carbons (Fsp3) is 0.167. The highest BCUT2D eigenvalue weighted by atomic mass is 16.5. The van der Waals surface area contributed by atoms with E-state index < -0.39 is 23.8 Å². The average molecular weight is 529 g/mol. The zero-order valence-corrected chi connectivity index (χ0v) is 22.3. The van der Waals surface area contributed by atoms with Gasteiger partial charge >= 0.3 is 11.9 Å². The van der Waals surface area contributed by atoms with Gasteiger partial charge in [-0.15, -0.1) is 0 Å². The summed E-state index contributed by atoms with van der Waals surface area (Å²) in [7, 11) is 0. The number of carbonyl (C=O) groups is 2. The van der Waals surface area contributed by atoms with Crippen LogP contribution in [0.1, 0.15) is 45.2 Å². The molecule has 0 saturated heterocycles. The van der Waals surface area contributed by atoms with Crippen LogP contribution >= 0.6 is 0 Å². The Morgan fingerprint density at radius 3 is 1.23 bits per heavy atom. The molecule has 0 spiro atoms.